The summed E-state index contributed by atoms with van der Waals surface area (Å²) in [6.45, 7) is 1.83. The first-order valence-electron chi connectivity index (χ1n) is 9.51. The summed E-state index contributed by atoms with van der Waals surface area (Å²) in [6, 6.07) is 11.3. The minimum absolute atomic E-state index is 0.0344. The molecule has 0 bridgehead atoms. The molecule has 0 radical (unpaired) electrons. The van der Waals surface area contributed by atoms with E-state index in [0.29, 0.717) is 33.1 Å². The first-order valence-corrected chi connectivity index (χ1v) is 12.7. The third-order valence-corrected chi connectivity index (χ3v) is 7.80. The molecular formula is C20H21Cl2N5O3S2. The second kappa shape index (κ2) is 11.2. The van der Waals surface area contributed by atoms with E-state index in [2.05, 4.69) is 20.5 Å². The van der Waals surface area contributed by atoms with Gasteiger partial charge in [-0.25, -0.2) is 13.4 Å². The predicted octanol–water partition coefficient (Wildman–Crippen LogP) is 3.52. The minimum atomic E-state index is -3.93. The lowest BCUT2D eigenvalue weighted by molar-refractivity contribution is -0.121. The van der Waals surface area contributed by atoms with Crippen LogP contribution < -0.4 is 5.32 Å². The Hall–Kier alpha value is -2.11. The fraction of sp³-hybridized carbons (Fsp3) is 0.250. The van der Waals surface area contributed by atoms with Gasteiger partial charge in [-0.3, -0.25) is 9.89 Å². The summed E-state index contributed by atoms with van der Waals surface area (Å²) in [6.07, 6.45) is 1.40. The molecule has 3 aromatic rings. The van der Waals surface area contributed by atoms with Gasteiger partial charge in [0.25, 0.3) is 0 Å². The molecule has 0 saturated carbocycles. The number of aromatic nitrogens is 3. The van der Waals surface area contributed by atoms with Gasteiger partial charge in [0, 0.05) is 18.8 Å². The molecule has 0 saturated heterocycles. The van der Waals surface area contributed by atoms with Crippen LogP contribution in [0.1, 0.15) is 11.1 Å². The van der Waals surface area contributed by atoms with E-state index in [1.165, 1.54) is 30.2 Å². The van der Waals surface area contributed by atoms with Gasteiger partial charge in [0.05, 0.1) is 21.5 Å². The van der Waals surface area contributed by atoms with Gasteiger partial charge in [-0.1, -0.05) is 58.7 Å². The van der Waals surface area contributed by atoms with Gasteiger partial charge in [-0.2, -0.15) is 9.40 Å². The van der Waals surface area contributed by atoms with Crippen molar-refractivity contribution in [3.8, 4) is 0 Å². The monoisotopic (exact) mass is 513 g/mol. The summed E-state index contributed by atoms with van der Waals surface area (Å²) < 4.78 is 27.7. The number of carbonyl (C=O) groups is 1. The standard InChI is InChI=1S/C20H21Cl2N5O3S2/c1-14-2-5-16(6-3-14)32(29,30)27(11-15-4-7-17(21)18(22)10-15)12-19(28)23-8-9-31-20-24-13-25-26-20/h2-7,10,13H,8-9,11-12H2,1H3,(H,23,28)(H,24,25,26). The Bertz CT molecular complexity index is 1160. The molecule has 2 N–H and O–H groups in total. The molecule has 0 aliphatic carbocycles. The van der Waals surface area contributed by atoms with Crippen LogP contribution in [-0.2, 0) is 21.4 Å². The number of thioether (sulfide) groups is 1. The summed E-state index contributed by atoms with van der Waals surface area (Å²) in [7, 11) is -3.93. The molecule has 0 aliphatic heterocycles. The SMILES string of the molecule is Cc1ccc(S(=O)(=O)N(CC(=O)NCCSc2ncn[nH]2)Cc2ccc(Cl)c(Cl)c2)cc1. The maximum Gasteiger partial charge on any atom is 0.243 e. The molecule has 32 heavy (non-hydrogen) atoms. The van der Waals surface area contributed by atoms with Gasteiger partial charge in [0.15, 0.2) is 5.16 Å². The Kier molecular flexibility index (Phi) is 8.55. The van der Waals surface area contributed by atoms with E-state index in [4.69, 9.17) is 23.2 Å². The Labute approximate surface area is 200 Å². The summed E-state index contributed by atoms with van der Waals surface area (Å²) in [5.41, 5.74) is 1.55. The Morgan fingerprint density at radius 2 is 1.91 bits per heavy atom. The average Bonchev–Trinajstić information content (AvgIpc) is 3.27. The summed E-state index contributed by atoms with van der Waals surface area (Å²) >= 11 is 13.4. The number of hydrogen-bond donors (Lipinski definition) is 2. The van der Waals surface area contributed by atoms with Gasteiger partial charge in [-0.15, -0.1) is 0 Å². The highest BCUT2D eigenvalue weighted by Gasteiger charge is 2.27. The number of halogens is 2. The van der Waals surface area contributed by atoms with Crippen LogP contribution in [0.15, 0.2) is 58.8 Å². The molecule has 3 rings (SSSR count). The van der Waals surface area contributed by atoms with Crippen molar-refractivity contribution >= 4 is 50.9 Å². The smallest absolute Gasteiger partial charge is 0.243 e. The lowest BCUT2D eigenvalue weighted by atomic mass is 10.2. The molecule has 0 fully saturated rings. The van der Waals surface area contributed by atoms with Crippen LogP contribution in [0.3, 0.4) is 0 Å². The number of nitrogens with zero attached hydrogens (tertiary/aromatic N) is 3. The van der Waals surface area contributed by atoms with Crippen LogP contribution >= 0.6 is 35.0 Å². The van der Waals surface area contributed by atoms with Gasteiger partial charge < -0.3 is 5.32 Å². The van der Waals surface area contributed by atoms with Gasteiger partial charge >= 0.3 is 0 Å². The van der Waals surface area contributed by atoms with Gasteiger partial charge in [0.1, 0.15) is 6.33 Å². The zero-order chi connectivity index (χ0) is 23.1. The molecule has 1 heterocycles. The molecular weight excluding hydrogens is 493 g/mol. The number of carbonyl (C=O) groups excluding carboxylic acids is 1. The normalized spacial score (nSPS) is 11.6. The number of aromatic amines is 1. The van der Waals surface area contributed by atoms with Gasteiger partial charge in [0.2, 0.25) is 15.9 Å². The van der Waals surface area contributed by atoms with Gasteiger partial charge in [-0.05, 0) is 36.8 Å². The number of benzene rings is 2. The maximum absolute atomic E-state index is 13.3. The highest BCUT2D eigenvalue weighted by atomic mass is 35.5. The molecule has 2 aromatic carbocycles. The van der Waals surface area contributed by atoms with Crippen molar-refractivity contribution in [2.75, 3.05) is 18.8 Å². The lowest BCUT2D eigenvalue weighted by Crippen LogP contribution is -2.40. The largest absolute Gasteiger partial charge is 0.354 e. The van der Waals surface area contributed by atoms with E-state index in [1.54, 1.807) is 30.3 Å². The van der Waals surface area contributed by atoms with Crippen LogP contribution in [0, 0.1) is 6.92 Å². The van der Waals surface area contributed by atoms with Crippen LogP contribution in [0.5, 0.6) is 0 Å². The zero-order valence-corrected chi connectivity index (χ0v) is 20.2. The number of nitrogens with one attached hydrogen (secondary N) is 2. The van der Waals surface area contributed by atoms with Crippen LogP contribution in [0.4, 0.5) is 0 Å². The quantitative estimate of drug-likeness (QED) is 0.317. The number of hydrogen-bond acceptors (Lipinski definition) is 6. The second-order valence-electron chi connectivity index (χ2n) is 6.82. The van der Waals surface area contributed by atoms with E-state index < -0.39 is 15.9 Å². The third kappa shape index (κ3) is 6.69. The summed E-state index contributed by atoms with van der Waals surface area (Å²) in [5.74, 6) is 0.136. The van der Waals surface area contributed by atoms with Crippen LogP contribution in [-0.4, -0.2) is 52.7 Å². The maximum atomic E-state index is 13.3. The number of aryl methyl sites for hydroxylation is 1. The highest BCUT2D eigenvalue weighted by molar-refractivity contribution is 7.99. The number of H-pyrrole nitrogens is 1. The highest BCUT2D eigenvalue weighted by Crippen LogP contribution is 2.25. The fourth-order valence-corrected chi connectivity index (χ4v) is 5.09. The van der Waals surface area contributed by atoms with Crippen LogP contribution in [0.25, 0.3) is 0 Å². The second-order valence-corrected chi connectivity index (χ2v) is 10.7. The zero-order valence-electron chi connectivity index (χ0n) is 17.1. The third-order valence-electron chi connectivity index (χ3n) is 4.38. The Morgan fingerprint density at radius 1 is 1.16 bits per heavy atom. The minimum Gasteiger partial charge on any atom is -0.354 e. The average molecular weight is 514 g/mol. The molecule has 0 atom stereocenters. The van der Waals surface area contributed by atoms with Crippen molar-refractivity contribution in [2.45, 2.75) is 23.5 Å². The lowest BCUT2D eigenvalue weighted by Gasteiger charge is -2.22. The van der Waals surface area contributed by atoms with Crippen molar-refractivity contribution < 1.29 is 13.2 Å². The Morgan fingerprint density at radius 3 is 2.56 bits per heavy atom. The molecule has 1 amide bonds. The molecule has 12 heteroatoms. The first kappa shape index (κ1) is 24.5. The Balaban J connectivity index is 1.72. The first-order chi connectivity index (χ1) is 15.3. The molecule has 170 valence electrons. The number of sulfonamides is 1. The van der Waals surface area contributed by atoms with Crippen molar-refractivity contribution in [1.29, 1.82) is 0 Å². The molecule has 0 aliphatic rings. The molecule has 0 unspecified atom stereocenters. The molecule has 0 spiro atoms. The fourth-order valence-electron chi connectivity index (χ4n) is 2.74. The molecule has 8 nitrogen and oxygen atoms in total. The van der Waals surface area contributed by atoms with E-state index in [-0.39, 0.29) is 18.0 Å². The van der Waals surface area contributed by atoms with Crippen molar-refractivity contribution in [3.05, 3.63) is 70.0 Å². The van der Waals surface area contributed by atoms with Crippen molar-refractivity contribution in [1.82, 2.24) is 24.8 Å². The van der Waals surface area contributed by atoms with E-state index in [9.17, 15) is 13.2 Å². The topological polar surface area (TPSA) is 108 Å². The van der Waals surface area contributed by atoms with Crippen LogP contribution in [0.2, 0.25) is 10.0 Å². The summed E-state index contributed by atoms with van der Waals surface area (Å²) in [4.78, 5) is 16.6. The number of amides is 1. The molecule has 1 aromatic heterocycles. The summed E-state index contributed by atoms with van der Waals surface area (Å²) in [5, 5.41) is 10.5. The van der Waals surface area contributed by atoms with Crippen molar-refractivity contribution in [2.24, 2.45) is 0 Å². The number of rotatable bonds is 10. The van der Waals surface area contributed by atoms with E-state index in [0.717, 1.165) is 9.87 Å². The predicted molar refractivity (Wildman–Crippen MR) is 125 cm³/mol. The van der Waals surface area contributed by atoms with Crippen molar-refractivity contribution in [3.63, 3.8) is 0 Å². The van der Waals surface area contributed by atoms with E-state index >= 15 is 0 Å². The van der Waals surface area contributed by atoms with E-state index in [1.807, 2.05) is 6.92 Å².